The molecule has 1 aromatic rings. The van der Waals surface area contributed by atoms with E-state index in [0.29, 0.717) is 13.2 Å². The van der Waals surface area contributed by atoms with Crippen molar-refractivity contribution in [2.45, 2.75) is 6.10 Å². The van der Waals surface area contributed by atoms with Crippen LogP contribution in [0.3, 0.4) is 0 Å². The minimum Gasteiger partial charge on any atom is -0.490 e. The van der Waals surface area contributed by atoms with E-state index >= 15 is 0 Å². The van der Waals surface area contributed by atoms with Crippen molar-refractivity contribution in [2.24, 2.45) is 0 Å². The third-order valence-electron chi connectivity index (χ3n) is 3.18. The maximum absolute atomic E-state index is 11.2. The van der Waals surface area contributed by atoms with Gasteiger partial charge < -0.3 is 19.5 Å². The van der Waals surface area contributed by atoms with Crippen molar-refractivity contribution in [3.05, 3.63) is 33.9 Å². The summed E-state index contributed by atoms with van der Waals surface area (Å²) in [6.07, 6.45) is -0.190. The number of hydrogen-bond donors (Lipinski definition) is 1. The molecule has 0 aliphatic carbocycles. The third-order valence-corrected chi connectivity index (χ3v) is 3.18. The summed E-state index contributed by atoms with van der Waals surface area (Å²) in [4.78, 5) is 23.4. The SMILES string of the molecule is CN1CCOC(COc2cccc([N+](=O)[O-])c2C(=O)O)C1. The summed E-state index contributed by atoms with van der Waals surface area (Å²) < 4.78 is 10.9. The maximum Gasteiger partial charge on any atom is 0.346 e. The van der Waals surface area contributed by atoms with Crippen LogP contribution in [0.2, 0.25) is 0 Å². The molecule has 0 saturated carbocycles. The number of hydrogen-bond acceptors (Lipinski definition) is 6. The van der Waals surface area contributed by atoms with Crippen LogP contribution in [0.5, 0.6) is 5.75 Å². The predicted molar refractivity (Wildman–Crippen MR) is 72.8 cm³/mol. The molecule has 2 rings (SSSR count). The van der Waals surface area contributed by atoms with Crippen molar-refractivity contribution in [3.8, 4) is 5.75 Å². The van der Waals surface area contributed by atoms with E-state index in [4.69, 9.17) is 14.6 Å². The van der Waals surface area contributed by atoms with Crippen LogP contribution >= 0.6 is 0 Å². The van der Waals surface area contributed by atoms with Crippen LogP contribution in [0.1, 0.15) is 10.4 Å². The Kier molecular flexibility index (Phi) is 4.71. The van der Waals surface area contributed by atoms with Gasteiger partial charge in [0.15, 0.2) is 5.56 Å². The Labute approximate surface area is 121 Å². The lowest BCUT2D eigenvalue weighted by atomic mass is 10.1. The molecule has 8 nitrogen and oxygen atoms in total. The van der Waals surface area contributed by atoms with E-state index in [-0.39, 0.29) is 18.5 Å². The van der Waals surface area contributed by atoms with Gasteiger partial charge in [-0.2, -0.15) is 0 Å². The first-order valence-corrected chi connectivity index (χ1v) is 6.42. The number of nitro benzene ring substituents is 1. The number of benzene rings is 1. The summed E-state index contributed by atoms with van der Waals surface area (Å²) in [5.74, 6) is -1.41. The zero-order chi connectivity index (χ0) is 15.4. The number of rotatable bonds is 5. The normalized spacial score (nSPS) is 19.2. The van der Waals surface area contributed by atoms with Crippen molar-refractivity contribution < 1.29 is 24.3 Å². The van der Waals surface area contributed by atoms with E-state index in [9.17, 15) is 14.9 Å². The van der Waals surface area contributed by atoms with Crippen molar-refractivity contribution in [3.63, 3.8) is 0 Å². The van der Waals surface area contributed by atoms with Gasteiger partial charge in [-0.05, 0) is 13.1 Å². The van der Waals surface area contributed by atoms with Gasteiger partial charge in [0.2, 0.25) is 0 Å². The molecule has 1 atom stereocenters. The second kappa shape index (κ2) is 6.51. The molecule has 114 valence electrons. The largest absolute Gasteiger partial charge is 0.490 e. The van der Waals surface area contributed by atoms with Gasteiger partial charge in [-0.15, -0.1) is 0 Å². The van der Waals surface area contributed by atoms with Crippen LogP contribution in [-0.4, -0.2) is 60.4 Å². The quantitative estimate of drug-likeness (QED) is 0.638. The molecule has 1 aromatic carbocycles. The number of likely N-dealkylation sites (N-methyl/N-ethyl adjacent to an activating group) is 1. The lowest BCUT2D eigenvalue weighted by molar-refractivity contribution is -0.385. The number of nitro groups is 1. The smallest absolute Gasteiger partial charge is 0.346 e. The molecule has 1 aliphatic heterocycles. The van der Waals surface area contributed by atoms with Crippen molar-refractivity contribution in [1.82, 2.24) is 4.90 Å². The van der Waals surface area contributed by atoms with E-state index in [1.54, 1.807) is 0 Å². The molecule has 1 fully saturated rings. The molecule has 0 radical (unpaired) electrons. The number of morpholine rings is 1. The minimum atomic E-state index is -1.39. The summed E-state index contributed by atoms with van der Waals surface area (Å²) in [5.41, 5.74) is -0.923. The van der Waals surface area contributed by atoms with Crippen LogP contribution < -0.4 is 4.74 Å². The topological polar surface area (TPSA) is 102 Å². The summed E-state index contributed by atoms with van der Waals surface area (Å²) in [7, 11) is 1.95. The van der Waals surface area contributed by atoms with Gasteiger partial charge >= 0.3 is 5.97 Å². The zero-order valence-electron chi connectivity index (χ0n) is 11.5. The number of carboxylic acids is 1. The fourth-order valence-corrected chi connectivity index (χ4v) is 2.16. The summed E-state index contributed by atoms with van der Waals surface area (Å²) in [6.45, 7) is 2.21. The molecule has 1 unspecified atom stereocenters. The Hall–Kier alpha value is -2.19. The highest BCUT2D eigenvalue weighted by molar-refractivity contribution is 5.95. The van der Waals surface area contributed by atoms with Crippen molar-refractivity contribution in [2.75, 3.05) is 33.4 Å². The molecular formula is C13H16N2O6. The number of ether oxygens (including phenoxy) is 2. The first-order chi connectivity index (χ1) is 9.99. The third kappa shape index (κ3) is 3.67. The van der Waals surface area contributed by atoms with Gasteiger partial charge in [-0.3, -0.25) is 10.1 Å². The number of aromatic carboxylic acids is 1. The molecule has 21 heavy (non-hydrogen) atoms. The second-order valence-electron chi connectivity index (χ2n) is 4.78. The van der Waals surface area contributed by atoms with E-state index in [1.807, 2.05) is 7.05 Å². The Morgan fingerprint density at radius 2 is 2.38 bits per heavy atom. The Balaban J connectivity index is 2.14. The standard InChI is InChI=1S/C13H16N2O6/c1-14-5-6-20-9(7-14)8-21-11-4-2-3-10(15(18)19)12(11)13(16)17/h2-4,9H,5-8H2,1H3,(H,16,17). The number of carbonyl (C=O) groups is 1. The summed E-state index contributed by atoms with van der Waals surface area (Å²) in [6, 6.07) is 3.94. The second-order valence-corrected chi connectivity index (χ2v) is 4.78. The van der Waals surface area contributed by atoms with Crippen LogP contribution in [0.25, 0.3) is 0 Å². The van der Waals surface area contributed by atoms with Gasteiger partial charge in [-0.1, -0.05) is 6.07 Å². The summed E-state index contributed by atoms with van der Waals surface area (Å²) in [5, 5.41) is 20.0. The van der Waals surface area contributed by atoms with Crippen LogP contribution in [-0.2, 0) is 4.74 Å². The monoisotopic (exact) mass is 296 g/mol. The summed E-state index contributed by atoms with van der Waals surface area (Å²) >= 11 is 0. The molecule has 1 N–H and O–H groups in total. The van der Waals surface area contributed by atoms with Crippen molar-refractivity contribution in [1.29, 1.82) is 0 Å². The molecule has 0 spiro atoms. The maximum atomic E-state index is 11.2. The average Bonchev–Trinajstić information content (AvgIpc) is 2.44. The highest BCUT2D eigenvalue weighted by Gasteiger charge is 2.26. The molecule has 1 aliphatic rings. The van der Waals surface area contributed by atoms with Gasteiger partial charge in [0, 0.05) is 19.2 Å². The molecular weight excluding hydrogens is 280 g/mol. The Morgan fingerprint density at radius 1 is 1.62 bits per heavy atom. The van der Waals surface area contributed by atoms with Gasteiger partial charge in [0.1, 0.15) is 18.5 Å². The lowest BCUT2D eigenvalue weighted by Crippen LogP contribution is -2.42. The molecule has 0 bridgehead atoms. The Morgan fingerprint density at radius 3 is 3.00 bits per heavy atom. The molecule has 8 heteroatoms. The first-order valence-electron chi connectivity index (χ1n) is 6.42. The fraction of sp³-hybridized carbons (Fsp3) is 0.462. The molecule has 0 aromatic heterocycles. The minimum absolute atomic E-state index is 0.0199. The van der Waals surface area contributed by atoms with Gasteiger partial charge in [0.25, 0.3) is 5.69 Å². The highest BCUT2D eigenvalue weighted by Crippen LogP contribution is 2.28. The van der Waals surface area contributed by atoms with Crippen LogP contribution in [0, 0.1) is 10.1 Å². The fourth-order valence-electron chi connectivity index (χ4n) is 2.16. The molecule has 1 heterocycles. The lowest BCUT2D eigenvalue weighted by Gasteiger charge is -2.29. The van der Waals surface area contributed by atoms with Crippen LogP contribution in [0.4, 0.5) is 5.69 Å². The van der Waals surface area contributed by atoms with E-state index in [0.717, 1.165) is 12.6 Å². The zero-order valence-corrected chi connectivity index (χ0v) is 11.5. The Bertz CT molecular complexity index is 547. The van der Waals surface area contributed by atoms with Gasteiger partial charge in [-0.25, -0.2) is 4.79 Å². The first kappa shape index (κ1) is 15.2. The number of nitrogens with zero attached hydrogens (tertiary/aromatic N) is 2. The highest BCUT2D eigenvalue weighted by atomic mass is 16.6. The van der Waals surface area contributed by atoms with Gasteiger partial charge in [0.05, 0.1) is 11.5 Å². The van der Waals surface area contributed by atoms with E-state index in [1.165, 1.54) is 12.1 Å². The van der Waals surface area contributed by atoms with E-state index < -0.39 is 22.1 Å². The van der Waals surface area contributed by atoms with Crippen molar-refractivity contribution >= 4 is 11.7 Å². The van der Waals surface area contributed by atoms with E-state index in [2.05, 4.69) is 4.90 Å². The average molecular weight is 296 g/mol. The number of carboxylic acid groups (broad SMARTS) is 1. The van der Waals surface area contributed by atoms with Crippen LogP contribution in [0.15, 0.2) is 18.2 Å². The molecule has 0 amide bonds. The predicted octanol–water partition coefficient (Wildman–Crippen LogP) is 1.00. The molecule has 1 saturated heterocycles.